The molecule has 3 rings (SSSR count). The summed E-state index contributed by atoms with van der Waals surface area (Å²) in [5.74, 6) is 0.0454. The average Bonchev–Trinajstić information content (AvgIpc) is 2.78. The Hall–Kier alpha value is -2.74. The molecule has 0 saturated carbocycles. The number of amides is 1. The van der Waals surface area contributed by atoms with E-state index >= 15 is 0 Å². The zero-order valence-corrected chi connectivity index (χ0v) is 20.5. The molecule has 0 saturated heterocycles. The Morgan fingerprint density at radius 3 is 2.33 bits per heavy atom. The van der Waals surface area contributed by atoms with Crippen molar-refractivity contribution in [2.24, 2.45) is 0 Å². The number of hydrogen-bond donors (Lipinski definition) is 1. The van der Waals surface area contributed by atoms with Crippen molar-refractivity contribution in [3.8, 4) is 5.75 Å². The van der Waals surface area contributed by atoms with Crippen molar-refractivity contribution in [1.29, 1.82) is 0 Å². The lowest BCUT2D eigenvalue weighted by atomic mass is 10.1. The molecule has 0 radical (unpaired) electrons. The molecule has 3 aromatic carbocycles. The van der Waals surface area contributed by atoms with Gasteiger partial charge in [-0.25, -0.2) is 8.42 Å². The summed E-state index contributed by atoms with van der Waals surface area (Å²) in [5.41, 5.74) is 2.33. The minimum absolute atomic E-state index is 0.0416. The molecule has 174 valence electrons. The van der Waals surface area contributed by atoms with Crippen molar-refractivity contribution in [2.45, 2.75) is 18.7 Å². The van der Waals surface area contributed by atoms with Crippen LogP contribution in [0.25, 0.3) is 0 Å². The minimum Gasteiger partial charge on any atom is -0.490 e. The number of hydrogen-bond acceptors (Lipinski definition) is 4. The van der Waals surface area contributed by atoms with Crippen LogP contribution in [0.1, 0.15) is 11.1 Å². The molecule has 6 nitrogen and oxygen atoms in total. The Bertz CT molecular complexity index is 1230. The lowest BCUT2D eigenvalue weighted by molar-refractivity contribution is -0.119. The third kappa shape index (κ3) is 6.41. The molecule has 3 aromatic rings. The Morgan fingerprint density at radius 1 is 0.970 bits per heavy atom. The summed E-state index contributed by atoms with van der Waals surface area (Å²) in [4.78, 5) is 12.7. The molecule has 9 heteroatoms. The maximum atomic E-state index is 13.4. The highest BCUT2D eigenvalue weighted by atomic mass is 35.5. The highest BCUT2D eigenvalue weighted by Crippen LogP contribution is 2.26. The summed E-state index contributed by atoms with van der Waals surface area (Å²) in [7, 11) is -4.01. The first-order chi connectivity index (χ1) is 15.7. The molecule has 0 aliphatic carbocycles. The number of nitrogens with zero attached hydrogens (tertiary/aromatic N) is 1. The predicted octanol–water partition coefficient (Wildman–Crippen LogP) is 5.00. The van der Waals surface area contributed by atoms with E-state index < -0.39 is 15.9 Å². The van der Waals surface area contributed by atoms with Gasteiger partial charge in [0.1, 0.15) is 18.9 Å². The zero-order valence-electron chi connectivity index (χ0n) is 18.2. The van der Waals surface area contributed by atoms with Crippen LogP contribution in [0.3, 0.4) is 0 Å². The number of carbonyl (C=O) groups is 1. The number of halogens is 2. The highest BCUT2D eigenvalue weighted by molar-refractivity contribution is 7.92. The molecule has 0 heterocycles. The van der Waals surface area contributed by atoms with Crippen LogP contribution >= 0.6 is 23.2 Å². The molecule has 0 aliphatic rings. The maximum Gasteiger partial charge on any atom is 0.264 e. The second-order valence-corrected chi connectivity index (χ2v) is 10.1. The largest absolute Gasteiger partial charge is 0.490 e. The molecule has 0 bridgehead atoms. The third-order valence-corrected chi connectivity index (χ3v) is 7.34. The SMILES string of the molecule is Cc1ccc(N(CC(=O)NCCOc2ccccc2Cl)S(=O)(=O)c2ccc(Cl)cc2)cc1C. The second kappa shape index (κ2) is 10.9. The molecule has 1 amide bonds. The summed E-state index contributed by atoms with van der Waals surface area (Å²) in [6.07, 6.45) is 0. The van der Waals surface area contributed by atoms with Gasteiger partial charge in [-0.05, 0) is 73.5 Å². The fourth-order valence-corrected chi connectivity index (χ4v) is 4.76. The van der Waals surface area contributed by atoms with E-state index in [1.165, 1.54) is 24.3 Å². The molecule has 1 N–H and O–H groups in total. The maximum absolute atomic E-state index is 13.4. The molecular weight excluding hydrogens is 483 g/mol. The van der Waals surface area contributed by atoms with Crippen LogP contribution in [0.4, 0.5) is 5.69 Å². The number of para-hydroxylation sites is 1. The molecule has 0 unspecified atom stereocenters. The standard InChI is InChI=1S/C24H24Cl2N2O4S/c1-17-7-10-20(15-18(17)2)28(33(30,31)21-11-8-19(25)9-12-21)16-24(29)27-13-14-32-23-6-4-3-5-22(23)26/h3-12,15H,13-14,16H2,1-2H3,(H,27,29). The van der Waals surface area contributed by atoms with Gasteiger partial charge in [0.15, 0.2) is 0 Å². The first kappa shape index (κ1) is 24.9. The fourth-order valence-electron chi connectivity index (χ4n) is 3.03. The fraction of sp³-hybridized carbons (Fsp3) is 0.208. The Kier molecular flexibility index (Phi) is 8.24. The van der Waals surface area contributed by atoms with Gasteiger partial charge in [0.25, 0.3) is 10.0 Å². The topological polar surface area (TPSA) is 75.7 Å². The number of benzene rings is 3. The summed E-state index contributed by atoms with van der Waals surface area (Å²) in [5, 5.41) is 3.59. The van der Waals surface area contributed by atoms with E-state index in [9.17, 15) is 13.2 Å². The number of sulfonamides is 1. The number of anilines is 1. The van der Waals surface area contributed by atoms with Crippen LogP contribution in [-0.4, -0.2) is 34.0 Å². The Balaban J connectivity index is 1.75. The van der Waals surface area contributed by atoms with Gasteiger partial charge in [0.2, 0.25) is 5.91 Å². The van der Waals surface area contributed by atoms with E-state index in [4.69, 9.17) is 27.9 Å². The van der Waals surface area contributed by atoms with Crippen LogP contribution in [-0.2, 0) is 14.8 Å². The van der Waals surface area contributed by atoms with Crippen molar-refractivity contribution in [1.82, 2.24) is 5.32 Å². The molecule has 0 atom stereocenters. The van der Waals surface area contributed by atoms with E-state index in [0.29, 0.717) is 21.5 Å². The third-order valence-electron chi connectivity index (χ3n) is 4.99. The van der Waals surface area contributed by atoms with E-state index in [1.54, 1.807) is 36.4 Å². The van der Waals surface area contributed by atoms with Gasteiger partial charge in [-0.1, -0.05) is 41.4 Å². The molecule has 0 fully saturated rings. The van der Waals surface area contributed by atoms with Gasteiger partial charge in [-0.3, -0.25) is 9.10 Å². The number of carbonyl (C=O) groups excluding carboxylic acids is 1. The van der Waals surface area contributed by atoms with Crippen LogP contribution in [0.15, 0.2) is 71.6 Å². The van der Waals surface area contributed by atoms with E-state index in [0.717, 1.165) is 15.4 Å². The highest BCUT2D eigenvalue weighted by Gasteiger charge is 2.27. The van der Waals surface area contributed by atoms with Gasteiger partial charge in [-0.15, -0.1) is 0 Å². The molecule has 0 aromatic heterocycles. The van der Waals surface area contributed by atoms with Gasteiger partial charge in [-0.2, -0.15) is 0 Å². The van der Waals surface area contributed by atoms with Crippen molar-refractivity contribution >= 4 is 44.8 Å². The van der Waals surface area contributed by atoms with E-state index in [1.807, 2.05) is 19.9 Å². The zero-order chi connectivity index (χ0) is 24.0. The van der Waals surface area contributed by atoms with Crippen molar-refractivity contribution < 1.29 is 17.9 Å². The summed E-state index contributed by atoms with van der Waals surface area (Å²) >= 11 is 12.0. The lowest BCUT2D eigenvalue weighted by Crippen LogP contribution is -2.42. The van der Waals surface area contributed by atoms with Gasteiger partial charge >= 0.3 is 0 Å². The molecular formula is C24H24Cl2N2O4S. The second-order valence-electron chi connectivity index (χ2n) is 7.36. The van der Waals surface area contributed by atoms with Crippen molar-refractivity contribution in [2.75, 3.05) is 24.0 Å². The Labute approximate surface area is 204 Å². The van der Waals surface area contributed by atoms with Crippen LogP contribution in [0, 0.1) is 13.8 Å². The smallest absolute Gasteiger partial charge is 0.264 e. The summed E-state index contributed by atoms with van der Waals surface area (Å²) < 4.78 is 33.4. The van der Waals surface area contributed by atoms with Gasteiger partial charge in [0.05, 0.1) is 22.2 Å². The predicted molar refractivity (Wildman–Crippen MR) is 132 cm³/mol. The van der Waals surface area contributed by atoms with E-state index in [2.05, 4.69) is 5.32 Å². The number of nitrogens with one attached hydrogen (secondary N) is 1. The first-order valence-corrected chi connectivity index (χ1v) is 12.4. The molecule has 33 heavy (non-hydrogen) atoms. The van der Waals surface area contributed by atoms with Crippen LogP contribution in [0.2, 0.25) is 10.0 Å². The summed E-state index contributed by atoms with van der Waals surface area (Å²) in [6, 6.07) is 18.1. The summed E-state index contributed by atoms with van der Waals surface area (Å²) in [6.45, 7) is 3.80. The quantitative estimate of drug-likeness (QED) is 0.414. The number of aryl methyl sites for hydroxylation is 2. The number of rotatable bonds is 9. The first-order valence-electron chi connectivity index (χ1n) is 10.2. The molecule has 0 spiro atoms. The average molecular weight is 507 g/mol. The normalized spacial score (nSPS) is 11.2. The lowest BCUT2D eigenvalue weighted by Gasteiger charge is -2.25. The van der Waals surface area contributed by atoms with Gasteiger partial charge in [0, 0.05) is 5.02 Å². The minimum atomic E-state index is -4.01. The monoisotopic (exact) mass is 506 g/mol. The van der Waals surface area contributed by atoms with Gasteiger partial charge < -0.3 is 10.1 Å². The van der Waals surface area contributed by atoms with Crippen molar-refractivity contribution in [3.63, 3.8) is 0 Å². The van der Waals surface area contributed by atoms with Crippen LogP contribution < -0.4 is 14.4 Å². The van der Waals surface area contributed by atoms with E-state index in [-0.39, 0.29) is 24.6 Å². The number of ether oxygens (including phenoxy) is 1. The molecule has 0 aliphatic heterocycles. The van der Waals surface area contributed by atoms with Crippen molar-refractivity contribution in [3.05, 3.63) is 87.9 Å². The van der Waals surface area contributed by atoms with Crippen LogP contribution in [0.5, 0.6) is 5.75 Å². The Morgan fingerprint density at radius 2 is 1.67 bits per heavy atom.